The van der Waals surface area contributed by atoms with Crippen molar-refractivity contribution in [2.75, 3.05) is 14.2 Å². The lowest BCUT2D eigenvalue weighted by Crippen LogP contribution is -2.29. The number of esters is 1. The maximum Gasteiger partial charge on any atom is 0.336 e. The Kier molecular flexibility index (Phi) is 4.30. The number of nitrogens with one attached hydrogen (secondary N) is 1. The van der Waals surface area contributed by atoms with Gasteiger partial charge >= 0.3 is 5.97 Å². The van der Waals surface area contributed by atoms with E-state index in [4.69, 9.17) is 9.47 Å². The van der Waals surface area contributed by atoms with Gasteiger partial charge in [-0.2, -0.15) is 0 Å². The minimum Gasteiger partial charge on any atom is -0.497 e. The second-order valence-corrected chi connectivity index (χ2v) is 6.97. The van der Waals surface area contributed by atoms with Gasteiger partial charge in [-0.05, 0) is 37.1 Å². The summed E-state index contributed by atoms with van der Waals surface area (Å²) in [7, 11) is 2.97. The highest BCUT2D eigenvalue weighted by molar-refractivity contribution is 6.23. The summed E-state index contributed by atoms with van der Waals surface area (Å²) in [5, 5.41) is 3.28. The molecule has 0 saturated carbocycles. The summed E-state index contributed by atoms with van der Waals surface area (Å²) in [6.07, 6.45) is 0. The van der Waals surface area contributed by atoms with Crippen LogP contribution in [0.1, 0.15) is 39.9 Å². The predicted octanol–water partition coefficient (Wildman–Crippen LogP) is 3.75. The number of Topliss-reactive ketones (excluding diaryl/α,β-unsaturated/α-hetero) is 1. The molecule has 1 N–H and O–H groups in total. The van der Waals surface area contributed by atoms with Gasteiger partial charge in [-0.1, -0.05) is 30.3 Å². The van der Waals surface area contributed by atoms with E-state index in [2.05, 4.69) is 5.32 Å². The summed E-state index contributed by atoms with van der Waals surface area (Å²) in [6, 6.07) is 13.2. The number of dihydropyridines is 1. The van der Waals surface area contributed by atoms with Crippen LogP contribution in [-0.4, -0.2) is 26.0 Å². The lowest BCUT2D eigenvalue weighted by atomic mass is 9.78. The Labute approximate surface area is 163 Å². The van der Waals surface area contributed by atoms with Crippen molar-refractivity contribution in [3.8, 4) is 5.75 Å². The van der Waals surface area contributed by atoms with Gasteiger partial charge in [-0.25, -0.2) is 4.79 Å². The number of fused-ring (bicyclic) bond motifs is 2. The molecule has 0 aromatic heterocycles. The first-order valence-electron chi connectivity index (χ1n) is 9.06. The zero-order valence-corrected chi connectivity index (χ0v) is 16.3. The summed E-state index contributed by atoms with van der Waals surface area (Å²) in [6.45, 7) is 3.80. The number of hydrogen-bond acceptors (Lipinski definition) is 5. The maximum atomic E-state index is 13.3. The van der Waals surface area contributed by atoms with Crippen molar-refractivity contribution in [2.24, 2.45) is 0 Å². The SMILES string of the molecule is COC(=O)C1=C(C)NC2=C(C(=O)c3ccccc32)[C@@H]1c1ccc(OC)cc1C. The van der Waals surface area contributed by atoms with E-state index in [1.54, 1.807) is 7.11 Å². The highest BCUT2D eigenvalue weighted by Gasteiger charge is 2.43. The topological polar surface area (TPSA) is 64.6 Å². The van der Waals surface area contributed by atoms with Crippen molar-refractivity contribution < 1.29 is 19.1 Å². The molecule has 0 radical (unpaired) electrons. The van der Waals surface area contributed by atoms with Crippen molar-refractivity contribution >= 4 is 17.4 Å². The van der Waals surface area contributed by atoms with Crippen molar-refractivity contribution in [3.63, 3.8) is 0 Å². The molecule has 2 aliphatic rings. The molecule has 1 heterocycles. The fourth-order valence-corrected chi connectivity index (χ4v) is 4.12. The molecule has 2 aromatic rings. The molecule has 28 heavy (non-hydrogen) atoms. The molecule has 0 unspecified atom stereocenters. The van der Waals surface area contributed by atoms with E-state index in [9.17, 15) is 9.59 Å². The van der Waals surface area contributed by atoms with Crippen LogP contribution in [0, 0.1) is 6.92 Å². The van der Waals surface area contributed by atoms with Crippen LogP contribution in [0.3, 0.4) is 0 Å². The molecule has 2 aromatic carbocycles. The van der Waals surface area contributed by atoms with Gasteiger partial charge in [0.05, 0.1) is 25.5 Å². The quantitative estimate of drug-likeness (QED) is 0.828. The van der Waals surface area contributed by atoms with E-state index >= 15 is 0 Å². The van der Waals surface area contributed by atoms with Crippen LogP contribution in [0.2, 0.25) is 0 Å². The summed E-state index contributed by atoms with van der Waals surface area (Å²) >= 11 is 0. The third-order valence-electron chi connectivity index (χ3n) is 5.44. The second-order valence-electron chi connectivity index (χ2n) is 6.97. The molecule has 142 valence electrons. The average Bonchev–Trinajstić information content (AvgIpc) is 2.98. The largest absolute Gasteiger partial charge is 0.497 e. The Morgan fingerprint density at radius 3 is 2.39 bits per heavy atom. The molecular formula is C23H21NO4. The van der Waals surface area contributed by atoms with Crippen LogP contribution in [0.5, 0.6) is 5.75 Å². The van der Waals surface area contributed by atoms with Crippen LogP contribution < -0.4 is 10.1 Å². The van der Waals surface area contributed by atoms with Crippen LogP contribution in [0.25, 0.3) is 5.70 Å². The number of carbonyl (C=O) groups excluding carboxylic acids is 2. The minimum atomic E-state index is -0.505. The lowest BCUT2D eigenvalue weighted by Gasteiger charge is -2.30. The van der Waals surface area contributed by atoms with E-state index in [0.29, 0.717) is 22.4 Å². The second kappa shape index (κ2) is 6.68. The third kappa shape index (κ3) is 2.54. The maximum absolute atomic E-state index is 13.3. The fraction of sp³-hybridized carbons (Fsp3) is 0.217. The highest BCUT2D eigenvalue weighted by Crippen LogP contribution is 2.47. The van der Waals surface area contributed by atoms with E-state index in [1.165, 1.54) is 7.11 Å². The Bertz CT molecular complexity index is 1080. The van der Waals surface area contributed by atoms with Gasteiger partial charge < -0.3 is 14.8 Å². The lowest BCUT2D eigenvalue weighted by molar-refractivity contribution is -0.136. The van der Waals surface area contributed by atoms with Crippen LogP contribution in [0.4, 0.5) is 0 Å². The van der Waals surface area contributed by atoms with Gasteiger partial charge in [0.1, 0.15) is 5.75 Å². The monoisotopic (exact) mass is 375 g/mol. The average molecular weight is 375 g/mol. The molecule has 0 bridgehead atoms. The summed E-state index contributed by atoms with van der Waals surface area (Å²) in [4.78, 5) is 26.0. The van der Waals surface area contributed by atoms with E-state index in [0.717, 1.165) is 28.1 Å². The number of rotatable bonds is 3. The zero-order valence-electron chi connectivity index (χ0n) is 16.3. The molecule has 0 fully saturated rings. The third-order valence-corrected chi connectivity index (χ3v) is 5.44. The van der Waals surface area contributed by atoms with Gasteiger partial charge in [0.2, 0.25) is 0 Å². The predicted molar refractivity (Wildman–Crippen MR) is 106 cm³/mol. The molecule has 0 amide bonds. The molecule has 1 aliphatic carbocycles. The van der Waals surface area contributed by atoms with Crippen molar-refractivity contribution in [1.29, 1.82) is 0 Å². The van der Waals surface area contributed by atoms with Crippen molar-refractivity contribution in [1.82, 2.24) is 5.32 Å². The Morgan fingerprint density at radius 2 is 1.75 bits per heavy atom. The van der Waals surface area contributed by atoms with Crippen LogP contribution >= 0.6 is 0 Å². The molecule has 4 rings (SSSR count). The Morgan fingerprint density at radius 1 is 1.04 bits per heavy atom. The van der Waals surface area contributed by atoms with E-state index in [1.807, 2.05) is 56.3 Å². The molecule has 1 atom stereocenters. The normalized spacial score (nSPS) is 17.9. The first-order chi connectivity index (χ1) is 13.5. The molecular weight excluding hydrogens is 354 g/mol. The first-order valence-corrected chi connectivity index (χ1v) is 9.06. The van der Waals surface area contributed by atoms with Crippen molar-refractivity contribution in [3.05, 3.63) is 81.6 Å². The summed E-state index contributed by atoms with van der Waals surface area (Å²) in [5.41, 5.74) is 5.83. The van der Waals surface area contributed by atoms with Gasteiger partial charge in [0, 0.05) is 28.3 Å². The molecule has 5 nitrogen and oxygen atoms in total. The Balaban J connectivity index is 1.97. The van der Waals surface area contributed by atoms with Crippen LogP contribution in [-0.2, 0) is 9.53 Å². The number of hydrogen-bond donors (Lipinski definition) is 1. The van der Waals surface area contributed by atoms with Crippen LogP contribution in [0.15, 0.2) is 59.3 Å². The molecule has 0 spiro atoms. The molecule has 1 aliphatic heterocycles. The highest BCUT2D eigenvalue weighted by atomic mass is 16.5. The summed E-state index contributed by atoms with van der Waals surface area (Å²) in [5.74, 6) is -0.284. The van der Waals surface area contributed by atoms with Gasteiger partial charge in [0.15, 0.2) is 5.78 Å². The van der Waals surface area contributed by atoms with Gasteiger partial charge in [-0.3, -0.25) is 4.79 Å². The Hall–Kier alpha value is -3.34. The number of allylic oxidation sites excluding steroid dienone is 2. The van der Waals surface area contributed by atoms with E-state index < -0.39 is 11.9 Å². The number of methoxy groups -OCH3 is 2. The number of ketones is 1. The van der Waals surface area contributed by atoms with Gasteiger partial charge in [-0.15, -0.1) is 0 Å². The summed E-state index contributed by atoms with van der Waals surface area (Å²) < 4.78 is 10.4. The first kappa shape index (κ1) is 18.0. The zero-order chi connectivity index (χ0) is 20.0. The van der Waals surface area contributed by atoms with Gasteiger partial charge in [0.25, 0.3) is 0 Å². The number of ether oxygens (including phenoxy) is 2. The fourth-order valence-electron chi connectivity index (χ4n) is 4.12. The van der Waals surface area contributed by atoms with Crippen molar-refractivity contribution in [2.45, 2.75) is 19.8 Å². The van der Waals surface area contributed by atoms with E-state index in [-0.39, 0.29) is 5.78 Å². The number of benzene rings is 2. The minimum absolute atomic E-state index is 0.0628. The smallest absolute Gasteiger partial charge is 0.336 e. The molecule has 0 saturated heterocycles. The number of carbonyl (C=O) groups is 2. The standard InChI is InChI=1S/C23H21NO4/c1-12-11-14(27-3)9-10-15(12)19-18(23(26)28-4)13(2)24-21-16-7-5-6-8-17(16)22(25)20(19)21/h5-11,19,24H,1-4H3/t19-/m1/s1. The molecule has 5 heteroatoms. The number of aryl methyl sites for hydroxylation is 1.